The number of ketones is 1. The first-order valence-corrected chi connectivity index (χ1v) is 12.2. The van der Waals surface area contributed by atoms with E-state index in [-0.39, 0.29) is 15.8 Å². The second kappa shape index (κ2) is 7.47. The Morgan fingerprint density at radius 3 is 1.54 bits per heavy atom. The molecule has 0 spiro atoms. The molecule has 4 atom stereocenters. The lowest BCUT2D eigenvalue weighted by molar-refractivity contribution is -0.118. The predicted molar refractivity (Wildman–Crippen MR) is 107 cm³/mol. The van der Waals surface area contributed by atoms with Crippen molar-refractivity contribution in [2.24, 2.45) is 0 Å². The molecule has 2 heterocycles. The Morgan fingerprint density at radius 2 is 1.12 bits per heavy atom. The van der Waals surface area contributed by atoms with E-state index in [2.05, 4.69) is 60.7 Å². The van der Waals surface area contributed by atoms with Crippen LogP contribution in [0.25, 0.3) is 0 Å². The number of carbonyl (C=O) groups is 1. The molecule has 2 saturated heterocycles. The Balaban J connectivity index is 1.56. The van der Waals surface area contributed by atoms with E-state index in [0.717, 1.165) is 12.8 Å². The van der Waals surface area contributed by atoms with Crippen molar-refractivity contribution >= 4 is 32.2 Å². The maximum absolute atomic E-state index is 13.4. The predicted octanol–water partition coefficient (Wildman–Crippen LogP) is 4.50. The van der Waals surface area contributed by atoms with E-state index >= 15 is 0 Å². The van der Waals surface area contributed by atoms with Crippen LogP contribution in [0, 0.1) is 0 Å². The number of benzene rings is 2. The molecule has 24 heavy (non-hydrogen) atoms. The van der Waals surface area contributed by atoms with Gasteiger partial charge in [-0.15, -0.1) is 0 Å². The van der Waals surface area contributed by atoms with Crippen LogP contribution in [0.2, 0.25) is 0 Å². The molecule has 0 amide bonds. The third-order valence-electron chi connectivity index (χ3n) is 5.34. The highest BCUT2D eigenvalue weighted by Gasteiger charge is 2.41. The third kappa shape index (κ3) is 3.22. The molecule has 2 aromatic carbocycles. The Bertz CT molecular complexity index is 626. The van der Waals surface area contributed by atoms with Gasteiger partial charge in [0.05, 0.1) is 0 Å². The average molecular weight is 354 g/mol. The number of Topliss-reactive ketones (excluding diaryl/α,β-unsaturated/α-hetero) is 1. The molecule has 0 radical (unpaired) electrons. The van der Waals surface area contributed by atoms with Crippen LogP contribution >= 0.6 is 15.8 Å². The highest BCUT2D eigenvalue weighted by Crippen LogP contribution is 2.55. The lowest BCUT2D eigenvalue weighted by Gasteiger charge is -2.26. The van der Waals surface area contributed by atoms with E-state index in [9.17, 15) is 4.79 Å². The SMILES string of the molecule is O=C([C@H]1CCC[P@]1c1ccccc1)[C@@H]1CCC[P@]1c1ccccc1. The van der Waals surface area contributed by atoms with Crippen molar-refractivity contribution in [2.75, 3.05) is 12.3 Å². The lowest BCUT2D eigenvalue weighted by Crippen LogP contribution is -2.30. The molecule has 0 unspecified atom stereocenters. The highest BCUT2D eigenvalue weighted by atomic mass is 31.1. The van der Waals surface area contributed by atoms with Gasteiger partial charge in [0.25, 0.3) is 0 Å². The fourth-order valence-corrected chi connectivity index (χ4v) is 10.3. The fraction of sp³-hybridized carbons (Fsp3) is 0.381. The van der Waals surface area contributed by atoms with E-state index < -0.39 is 0 Å². The number of carbonyl (C=O) groups excluding carboxylic acids is 1. The minimum atomic E-state index is -0.286. The zero-order valence-electron chi connectivity index (χ0n) is 14.0. The van der Waals surface area contributed by atoms with Gasteiger partial charge in [-0.05, 0) is 48.6 Å². The monoisotopic (exact) mass is 354 g/mol. The summed E-state index contributed by atoms with van der Waals surface area (Å²) in [6.45, 7) is 0. The largest absolute Gasteiger partial charge is 0.298 e. The van der Waals surface area contributed by atoms with Crippen LogP contribution < -0.4 is 10.6 Å². The van der Waals surface area contributed by atoms with E-state index in [4.69, 9.17) is 0 Å². The summed E-state index contributed by atoms with van der Waals surface area (Å²) in [5, 5.41) is 2.87. The molecular weight excluding hydrogens is 330 g/mol. The van der Waals surface area contributed by atoms with E-state index in [1.807, 2.05) is 0 Å². The summed E-state index contributed by atoms with van der Waals surface area (Å²) in [5.41, 5.74) is 0.637. The van der Waals surface area contributed by atoms with Gasteiger partial charge in [-0.2, -0.15) is 0 Å². The van der Waals surface area contributed by atoms with Crippen LogP contribution in [0.4, 0.5) is 0 Å². The van der Waals surface area contributed by atoms with Gasteiger partial charge in [0.15, 0.2) is 0 Å². The summed E-state index contributed by atoms with van der Waals surface area (Å²) in [7, 11) is -0.573. The van der Waals surface area contributed by atoms with Crippen molar-refractivity contribution in [3.63, 3.8) is 0 Å². The van der Waals surface area contributed by atoms with Crippen LogP contribution in [0.3, 0.4) is 0 Å². The molecular formula is C21H24OP2. The van der Waals surface area contributed by atoms with Crippen LogP contribution in [0.15, 0.2) is 60.7 Å². The molecule has 2 aromatic rings. The van der Waals surface area contributed by atoms with Gasteiger partial charge in [0.1, 0.15) is 5.78 Å². The molecule has 2 fully saturated rings. The standard InChI is InChI=1S/C21H24OP2/c22-21(19-13-7-15-23(19)17-9-3-1-4-10-17)20-14-8-16-24(20)18-11-5-2-6-12-18/h1-6,9-12,19-20H,7-8,13-16H2/t19-,20+,23-,24-/m1/s1. The normalized spacial score (nSPS) is 29.7. The summed E-state index contributed by atoms with van der Waals surface area (Å²) >= 11 is 0. The zero-order valence-corrected chi connectivity index (χ0v) is 15.8. The number of hydrogen-bond donors (Lipinski definition) is 0. The van der Waals surface area contributed by atoms with Crippen LogP contribution in [0.5, 0.6) is 0 Å². The molecule has 0 N–H and O–H groups in total. The second-order valence-electron chi connectivity index (χ2n) is 6.78. The first kappa shape index (κ1) is 16.4. The summed E-state index contributed by atoms with van der Waals surface area (Å²) in [5.74, 6) is 0.606. The Kier molecular flexibility index (Phi) is 5.11. The smallest absolute Gasteiger partial charge is 0.148 e. The average Bonchev–Trinajstić information content (AvgIpc) is 3.32. The van der Waals surface area contributed by atoms with Crippen molar-refractivity contribution in [1.82, 2.24) is 0 Å². The molecule has 1 nitrogen and oxygen atoms in total. The first-order chi connectivity index (χ1) is 11.8. The Hall–Kier alpha value is -1.03. The molecule has 0 aromatic heterocycles. The fourth-order valence-electron chi connectivity index (χ4n) is 4.20. The lowest BCUT2D eigenvalue weighted by atomic mass is 10.1. The van der Waals surface area contributed by atoms with E-state index in [1.165, 1.54) is 35.8 Å². The quantitative estimate of drug-likeness (QED) is 0.739. The highest BCUT2D eigenvalue weighted by molar-refractivity contribution is 7.69. The van der Waals surface area contributed by atoms with Gasteiger partial charge in [0.2, 0.25) is 0 Å². The van der Waals surface area contributed by atoms with Crippen molar-refractivity contribution in [2.45, 2.75) is 37.0 Å². The zero-order chi connectivity index (χ0) is 16.4. The van der Waals surface area contributed by atoms with E-state index in [1.54, 1.807) is 0 Å². The summed E-state index contributed by atoms with van der Waals surface area (Å²) in [6.07, 6.45) is 7.18. The van der Waals surface area contributed by atoms with Crippen molar-refractivity contribution in [3.8, 4) is 0 Å². The molecule has 3 heteroatoms. The van der Waals surface area contributed by atoms with Crippen LogP contribution in [-0.4, -0.2) is 29.4 Å². The maximum atomic E-state index is 13.4. The Morgan fingerprint density at radius 1 is 0.708 bits per heavy atom. The number of hydrogen-bond acceptors (Lipinski definition) is 1. The molecule has 2 aliphatic heterocycles. The Labute approximate surface area is 147 Å². The van der Waals surface area contributed by atoms with Crippen molar-refractivity contribution in [1.29, 1.82) is 0 Å². The molecule has 0 aliphatic carbocycles. The van der Waals surface area contributed by atoms with Crippen molar-refractivity contribution < 1.29 is 4.79 Å². The van der Waals surface area contributed by atoms with Gasteiger partial charge in [-0.25, -0.2) is 0 Å². The van der Waals surface area contributed by atoms with Crippen LogP contribution in [-0.2, 0) is 4.79 Å². The third-order valence-corrected chi connectivity index (χ3v) is 11.4. The molecule has 0 bridgehead atoms. The first-order valence-electron chi connectivity index (χ1n) is 9.02. The summed E-state index contributed by atoms with van der Waals surface area (Å²) in [6, 6.07) is 21.6. The topological polar surface area (TPSA) is 17.1 Å². The van der Waals surface area contributed by atoms with Gasteiger partial charge in [-0.3, -0.25) is 4.79 Å². The summed E-state index contributed by atoms with van der Waals surface area (Å²) < 4.78 is 0. The number of rotatable bonds is 4. The van der Waals surface area contributed by atoms with Gasteiger partial charge >= 0.3 is 0 Å². The molecule has 0 saturated carbocycles. The minimum absolute atomic E-state index is 0.286. The minimum Gasteiger partial charge on any atom is -0.298 e. The van der Waals surface area contributed by atoms with Gasteiger partial charge in [0, 0.05) is 11.3 Å². The van der Waals surface area contributed by atoms with E-state index in [0.29, 0.717) is 17.1 Å². The van der Waals surface area contributed by atoms with Gasteiger partial charge < -0.3 is 0 Å². The van der Waals surface area contributed by atoms with Crippen LogP contribution in [0.1, 0.15) is 25.7 Å². The summed E-state index contributed by atoms with van der Waals surface area (Å²) in [4.78, 5) is 13.4. The molecule has 2 aliphatic rings. The maximum Gasteiger partial charge on any atom is 0.148 e. The van der Waals surface area contributed by atoms with Crippen molar-refractivity contribution in [3.05, 3.63) is 60.7 Å². The molecule has 124 valence electrons. The van der Waals surface area contributed by atoms with Gasteiger partial charge in [-0.1, -0.05) is 76.5 Å². The second-order valence-corrected chi connectivity index (χ2v) is 11.8. The molecule has 4 rings (SSSR count).